The van der Waals surface area contributed by atoms with E-state index in [9.17, 15) is 14.4 Å². The first-order valence-corrected chi connectivity index (χ1v) is 8.85. The highest BCUT2D eigenvalue weighted by Gasteiger charge is 2.20. The van der Waals surface area contributed by atoms with Gasteiger partial charge in [0.15, 0.2) is 17.6 Å². The normalized spacial score (nSPS) is 13.1. The molecule has 0 fully saturated rings. The molecule has 0 saturated carbocycles. The first kappa shape index (κ1) is 18.5. The molecule has 2 heterocycles. The van der Waals surface area contributed by atoms with Crippen molar-refractivity contribution in [2.24, 2.45) is 0 Å². The monoisotopic (exact) mass is 395 g/mol. The predicted octanol–water partition coefficient (Wildman–Crippen LogP) is 1.70. The molecule has 9 heteroatoms. The van der Waals surface area contributed by atoms with Crippen molar-refractivity contribution in [3.8, 4) is 11.5 Å². The van der Waals surface area contributed by atoms with Crippen molar-refractivity contribution in [3.63, 3.8) is 0 Å². The van der Waals surface area contributed by atoms with Crippen LogP contribution in [0.1, 0.15) is 6.92 Å². The summed E-state index contributed by atoms with van der Waals surface area (Å²) < 4.78 is 16.8. The number of hydrogen-bond donors (Lipinski definition) is 1. The number of rotatable bonds is 5. The summed E-state index contributed by atoms with van der Waals surface area (Å²) in [5, 5.41) is 3.04. The Morgan fingerprint density at radius 2 is 2.00 bits per heavy atom. The van der Waals surface area contributed by atoms with E-state index in [-0.39, 0.29) is 18.9 Å². The molecule has 1 atom stereocenters. The van der Waals surface area contributed by atoms with Gasteiger partial charge in [0.05, 0.1) is 17.2 Å². The summed E-state index contributed by atoms with van der Waals surface area (Å²) in [6, 6.07) is 11.8. The van der Waals surface area contributed by atoms with Gasteiger partial charge < -0.3 is 19.5 Å². The third-order valence-electron chi connectivity index (χ3n) is 4.35. The van der Waals surface area contributed by atoms with E-state index in [1.54, 1.807) is 42.5 Å². The lowest BCUT2D eigenvalue weighted by Gasteiger charge is -2.14. The fourth-order valence-corrected chi connectivity index (χ4v) is 2.86. The van der Waals surface area contributed by atoms with Crippen molar-refractivity contribution in [2.75, 3.05) is 12.1 Å². The topological polar surface area (TPSA) is 109 Å². The Hall–Kier alpha value is -3.88. The van der Waals surface area contributed by atoms with E-state index in [1.165, 1.54) is 13.3 Å². The lowest BCUT2D eigenvalue weighted by atomic mass is 10.2. The number of carbonyl (C=O) groups excluding carboxylic acids is 2. The molecule has 1 N–H and O–H groups in total. The molecule has 1 aromatic heterocycles. The van der Waals surface area contributed by atoms with Crippen molar-refractivity contribution in [1.82, 2.24) is 9.55 Å². The molecule has 0 radical (unpaired) electrons. The standard InChI is InChI=1S/C20H17N3O6/c1-12(19(25)22-13-6-7-16-17(8-13)28-11-27-16)29-18(24)9-23-10-21-15-5-3-2-4-14(15)20(23)26/h2-8,10,12H,9,11H2,1H3,(H,22,25)/t12-/m1/s1. The quantitative estimate of drug-likeness (QED) is 0.655. The van der Waals surface area contributed by atoms with Crippen molar-refractivity contribution in [2.45, 2.75) is 19.6 Å². The molecular weight excluding hydrogens is 378 g/mol. The molecule has 3 aromatic rings. The van der Waals surface area contributed by atoms with Crippen LogP contribution < -0.4 is 20.3 Å². The molecule has 0 aliphatic carbocycles. The van der Waals surface area contributed by atoms with Gasteiger partial charge >= 0.3 is 5.97 Å². The van der Waals surface area contributed by atoms with E-state index in [1.807, 2.05) is 0 Å². The Labute approximate surface area is 164 Å². The number of benzene rings is 2. The predicted molar refractivity (Wildman–Crippen MR) is 103 cm³/mol. The second-order valence-electron chi connectivity index (χ2n) is 6.38. The first-order chi connectivity index (χ1) is 14.0. The maximum absolute atomic E-state index is 12.4. The molecule has 4 rings (SSSR count). The van der Waals surface area contributed by atoms with Crippen molar-refractivity contribution >= 4 is 28.5 Å². The number of fused-ring (bicyclic) bond motifs is 2. The molecule has 29 heavy (non-hydrogen) atoms. The smallest absolute Gasteiger partial charge is 0.326 e. The van der Waals surface area contributed by atoms with Crippen LogP contribution in [0.3, 0.4) is 0 Å². The Morgan fingerprint density at radius 1 is 1.21 bits per heavy atom. The number of esters is 1. The van der Waals surface area contributed by atoms with Crippen molar-refractivity contribution in [3.05, 3.63) is 59.1 Å². The zero-order chi connectivity index (χ0) is 20.4. The van der Waals surface area contributed by atoms with Crippen molar-refractivity contribution < 1.29 is 23.8 Å². The van der Waals surface area contributed by atoms with E-state index >= 15 is 0 Å². The second-order valence-corrected chi connectivity index (χ2v) is 6.38. The summed E-state index contributed by atoms with van der Waals surface area (Å²) in [5.74, 6) is -0.119. The highest BCUT2D eigenvalue weighted by Crippen LogP contribution is 2.34. The van der Waals surface area contributed by atoms with Gasteiger partial charge in [0.2, 0.25) is 6.79 Å². The van der Waals surface area contributed by atoms with Gasteiger partial charge in [-0.05, 0) is 31.2 Å². The molecule has 9 nitrogen and oxygen atoms in total. The van der Waals surface area contributed by atoms with Crippen LogP contribution in [-0.2, 0) is 20.9 Å². The minimum Gasteiger partial charge on any atom is -0.454 e. The summed E-state index contributed by atoms with van der Waals surface area (Å²) in [6.07, 6.45) is 0.223. The van der Waals surface area contributed by atoms with Crippen LogP contribution in [0.2, 0.25) is 0 Å². The minimum atomic E-state index is -1.06. The van der Waals surface area contributed by atoms with E-state index in [0.717, 1.165) is 4.57 Å². The molecule has 1 amide bonds. The van der Waals surface area contributed by atoms with Crippen LogP contribution in [-0.4, -0.2) is 34.3 Å². The lowest BCUT2D eigenvalue weighted by molar-refractivity contribution is -0.153. The van der Waals surface area contributed by atoms with Crippen LogP contribution in [0.25, 0.3) is 10.9 Å². The Morgan fingerprint density at radius 3 is 2.86 bits per heavy atom. The van der Waals surface area contributed by atoms with Crippen LogP contribution in [0.4, 0.5) is 5.69 Å². The highest BCUT2D eigenvalue weighted by atomic mass is 16.7. The van der Waals surface area contributed by atoms with Gasteiger partial charge in [-0.2, -0.15) is 0 Å². The first-order valence-electron chi connectivity index (χ1n) is 8.85. The molecular formula is C20H17N3O6. The summed E-state index contributed by atoms with van der Waals surface area (Å²) in [4.78, 5) is 41.1. The number of hydrogen-bond acceptors (Lipinski definition) is 7. The zero-order valence-electron chi connectivity index (χ0n) is 15.5. The molecule has 2 aromatic carbocycles. The number of nitrogens with one attached hydrogen (secondary N) is 1. The van der Waals surface area contributed by atoms with Gasteiger partial charge in [0, 0.05) is 11.8 Å². The average Bonchev–Trinajstić information content (AvgIpc) is 3.18. The lowest BCUT2D eigenvalue weighted by Crippen LogP contribution is -2.33. The van der Waals surface area contributed by atoms with Crippen molar-refractivity contribution in [1.29, 1.82) is 0 Å². The number of carbonyl (C=O) groups is 2. The molecule has 148 valence electrons. The summed E-state index contributed by atoms with van der Waals surface area (Å²) in [5.41, 5.74) is 0.667. The largest absolute Gasteiger partial charge is 0.454 e. The Balaban J connectivity index is 1.38. The van der Waals surface area contributed by atoms with Crippen LogP contribution in [0.5, 0.6) is 11.5 Å². The second kappa shape index (κ2) is 7.63. The number of para-hydroxylation sites is 1. The maximum Gasteiger partial charge on any atom is 0.326 e. The molecule has 0 spiro atoms. The van der Waals surface area contributed by atoms with Gasteiger partial charge in [-0.3, -0.25) is 19.0 Å². The van der Waals surface area contributed by atoms with Gasteiger partial charge in [-0.15, -0.1) is 0 Å². The van der Waals surface area contributed by atoms with E-state index in [0.29, 0.717) is 28.1 Å². The SMILES string of the molecule is C[C@@H](OC(=O)Cn1cnc2ccccc2c1=O)C(=O)Nc1ccc2c(c1)OCO2. The average molecular weight is 395 g/mol. The maximum atomic E-state index is 12.4. The van der Waals surface area contributed by atoms with Crippen LogP contribution in [0.15, 0.2) is 53.6 Å². The molecule has 0 unspecified atom stereocenters. The van der Waals surface area contributed by atoms with Gasteiger partial charge in [-0.25, -0.2) is 4.98 Å². The minimum absolute atomic E-state index is 0.129. The van der Waals surface area contributed by atoms with Crippen LogP contribution >= 0.6 is 0 Å². The van der Waals surface area contributed by atoms with Gasteiger partial charge in [-0.1, -0.05) is 12.1 Å². The number of ether oxygens (including phenoxy) is 3. The number of amides is 1. The molecule has 0 bridgehead atoms. The Bertz CT molecular complexity index is 1160. The fourth-order valence-electron chi connectivity index (χ4n) is 2.86. The zero-order valence-corrected chi connectivity index (χ0v) is 15.5. The van der Waals surface area contributed by atoms with Gasteiger partial charge in [0.25, 0.3) is 11.5 Å². The number of nitrogens with zero attached hydrogens (tertiary/aromatic N) is 2. The van der Waals surface area contributed by atoms with E-state index in [2.05, 4.69) is 10.3 Å². The summed E-state index contributed by atoms with van der Waals surface area (Å²) >= 11 is 0. The number of anilines is 1. The molecule has 0 saturated heterocycles. The summed E-state index contributed by atoms with van der Waals surface area (Å²) in [7, 11) is 0. The third-order valence-corrected chi connectivity index (χ3v) is 4.35. The number of aromatic nitrogens is 2. The Kier molecular flexibility index (Phi) is 4.86. The van der Waals surface area contributed by atoms with E-state index in [4.69, 9.17) is 14.2 Å². The van der Waals surface area contributed by atoms with Crippen LogP contribution in [0, 0.1) is 0 Å². The fraction of sp³-hybridized carbons (Fsp3) is 0.200. The third kappa shape index (κ3) is 3.88. The van der Waals surface area contributed by atoms with Gasteiger partial charge in [0.1, 0.15) is 6.54 Å². The molecule has 1 aliphatic rings. The highest BCUT2D eigenvalue weighted by molar-refractivity contribution is 5.95. The summed E-state index contributed by atoms with van der Waals surface area (Å²) in [6.45, 7) is 1.23. The van der Waals surface area contributed by atoms with E-state index < -0.39 is 18.0 Å². The molecule has 1 aliphatic heterocycles.